The molecule has 2 N–H and O–H groups in total. The van der Waals surface area contributed by atoms with E-state index in [9.17, 15) is 0 Å². The number of nitrogens with zero attached hydrogens (tertiary/aromatic N) is 1. The highest BCUT2D eigenvalue weighted by Gasteiger charge is 2.08. The monoisotopic (exact) mass is 335 g/mol. The van der Waals surface area contributed by atoms with Gasteiger partial charge in [0, 0.05) is 17.3 Å². The number of halogens is 2. The van der Waals surface area contributed by atoms with Crippen molar-refractivity contribution in [2.45, 2.75) is 0 Å². The van der Waals surface area contributed by atoms with Gasteiger partial charge in [-0.25, -0.2) is 0 Å². The van der Waals surface area contributed by atoms with Gasteiger partial charge in [0.2, 0.25) is 0 Å². The summed E-state index contributed by atoms with van der Waals surface area (Å²) in [7, 11) is 1.64. The molecule has 22 heavy (non-hydrogen) atoms. The van der Waals surface area contributed by atoms with E-state index in [0.717, 1.165) is 28.5 Å². The summed E-state index contributed by atoms with van der Waals surface area (Å²) in [4.78, 5) is 10.8. The molecule has 0 bridgehead atoms. The Morgan fingerprint density at radius 3 is 2.68 bits per heavy atom. The topological polar surface area (TPSA) is 53.2 Å². The molecule has 2 aromatic heterocycles. The van der Waals surface area contributed by atoms with Gasteiger partial charge in [0.1, 0.15) is 5.75 Å². The predicted molar refractivity (Wildman–Crippen MR) is 93.1 cm³/mol. The first-order chi connectivity index (χ1) is 10.3. The molecule has 0 saturated heterocycles. The zero-order chi connectivity index (χ0) is 14.7. The van der Waals surface area contributed by atoms with Gasteiger partial charge in [-0.1, -0.05) is 17.7 Å². The van der Waals surface area contributed by atoms with Crippen LogP contribution in [0.2, 0.25) is 5.02 Å². The van der Waals surface area contributed by atoms with Crippen LogP contribution in [0, 0.1) is 0 Å². The Labute approximate surface area is 139 Å². The van der Waals surface area contributed by atoms with Crippen LogP contribution in [0.5, 0.6) is 5.75 Å². The van der Waals surface area contributed by atoms with Crippen LogP contribution >= 0.6 is 24.0 Å². The predicted octanol–water partition coefficient (Wildman–Crippen LogP) is 4.84. The van der Waals surface area contributed by atoms with Gasteiger partial charge in [-0.2, -0.15) is 0 Å². The standard InChI is InChI=1S/C16H14ClN3O.ClH/c1-21-16-9-14(13-6-3-7-18-13)20-15(16)10-19-12-5-2-4-11(17)8-12;/h2-10,18,20H,1H3;1H. The number of ether oxygens (including phenoxy) is 1. The molecule has 0 amide bonds. The number of aromatic nitrogens is 2. The lowest BCUT2D eigenvalue weighted by atomic mass is 10.3. The molecule has 3 aromatic rings. The molecule has 1 aromatic carbocycles. The summed E-state index contributed by atoms with van der Waals surface area (Å²) >= 11 is 5.95. The zero-order valence-corrected chi connectivity index (χ0v) is 13.4. The summed E-state index contributed by atoms with van der Waals surface area (Å²) in [5.74, 6) is 0.741. The van der Waals surface area contributed by atoms with Crippen molar-refractivity contribution >= 4 is 35.9 Å². The van der Waals surface area contributed by atoms with Crippen LogP contribution in [0.3, 0.4) is 0 Å². The molecule has 0 aliphatic carbocycles. The lowest BCUT2D eigenvalue weighted by Gasteiger charge is -1.97. The van der Waals surface area contributed by atoms with Crippen LogP contribution in [-0.4, -0.2) is 23.3 Å². The molecule has 0 atom stereocenters. The van der Waals surface area contributed by atoms with Crippen molar-refractivity contribution in [3.8, 4) is 17.1 Å². The van der Waals surface area contributed by atoms with E-state index in [2.05, 4.69) is 15.0 Å². The van der Waals surface area contributed by atoms with Gasteiger partial charge in [-0.3, -0.25) is 4.99 Å². The number of benzene rings is 1. The lowest BCUT2D eigenvalue weighted by Crippen LogP contribution is -1.87. The van der Waals surface area contributed by atoms with Crippen molar-refractivity contribution in [1.82, 2.24) is 9.97 Å². The first kappa shape index (κ1) is 16.2. The van der Waals surface area contributed by atoms with Gasteiger partial charge in [-0.15, -0.1) is 12.4 Å². The second kappa shape index (κ2) is 7.20. The highest BCUT2D eigenvalue weighted by Crippen LogP contribution is 2.26. The van der Waals surface area contributed by atoms with Gasteiger partial charge in [0.25, 0.3) is 0 Å². The maximum absolute atomic E-state index is 5.95. The maximum atomic E-state index is 5.95. The highest BCUT2D eigenvalue weighted by atomic mass is 35.5. The van der Waals surface area contributed by atoms with E-state index < -0.39 is 0 Å². The van der Waals surface area contributed by atoms with E-state index in [1.807, 2.05) is 42.6 Å². The van der Waals surface area contributed by atoms with Crippen LogP contribution in [0.1, 0.15) is 5.69 Å². The molecule has 0 unspecified atom stereocenters. The summed E-state index contributed by atoms with van der Waals surface area (Å²) in [6, 6.07) is 13.3. The SMILES string of the molecule is COc1cc(-c2ccc[nH]2)[nH]c1C=Nc1cccc(Cl)c1.Cl. The molecular weight excluding hydrogens is 321 g/mol. The molecule has 114 valence electrons. The minimum Gasteiger partial charge on any atom is -0.494 e. The molecule has 4 nitrogen and oxygen atoms in total. The number of aromatic amines is 2. The van der Waals surface area contributed by atoms with Crippen LogP contribution in [-0.2, 0) is 0 Å². The first-order valence-electron chi connectivity index (χ1n) is 6.46. The van der Waals surface area contributed by atoms with Crippen molar-refractivity contribution in [2.75, 3.05) is 7.11 Å². The third kappa shape index (κ3) is 3.53. The zero-order valence-electron chi connectivity index (χ0n) is 11.8. The Bertz CT molecular complexity index is 764. The molecule has 0 radical (unpaired) electrons. The third-order valence-electron chi connectivity index (χ3n) is 3.07. The summed E-state index contributed by atoms with van der Waals surface area (Å²) in [6.07, 6.45) is 3.61. The number of nitrogens with one attached hydrogen (secondary N) is 2. The normalized spacial score (nSPS) is 10.6. The fraction of sp³-hybridized carbons (Fsp3) is 0.0625. The van der Waals surface area contributed by atoms with E-state index in [-0.39, 0.29) is 12.4 Å². The van der Waals surface area contributed by atoms with Crippen LogP contribution in [0.15, 0.2) is 53.7 Å². The molecule has 0 spiro atoms. The number of aliphatic imine (C=N–C) groups is 1. The van der Waals surface area contributed by atoms with E-state index in [0.29, 0.717) is 5.02 Å². The van der Waals surface area contributed by atoms with Crippen molar-refractivity contribution in [1.29, 1.82) is 0 Å². The van der Waals surface area contributed by atoms with Crippen molar-refractivity contribution in [3.63, 3.8) is 0 Å². The summed E-state index contributed by atoms with van der Waals surface area (Å²) in [6.45, 7) is 0. The fourth-order valence-corrected chi connectivity index (χ4v) is 2.24. The van der Waals surface area contributed by atoms with Crippen LogP contribution in [0.25, 0.3) is 11.4 Å². The van der Waals surface area contributed by atoms with Crippen LogP contribution in [0.4, 0.5) is 5.69 Å². The maximum Gasteiger partial charge on any atom is 0.146 e. The Morgan fingerprint density at radius 1 is 1.14 bits per heavy atom. The molecule has 0 saturated carbocycles. The van der Waals surface area contributed by atoms with E-state index in [1.165, 1.54) is 0 Å². The van der Waals surface area contributed by atoms with Gasteiger partial charge < -0.3 is 14.7 Å². The molecule has 2 heterocycles. The molecule has 6 heteroatoms. The van der Waals surface area contributed by atoms with Gasteiger partial charge in [0.15, 0.2) is 0 Å². The molecule has 0 aliphatic rings. The smallest absolute Gasteiger partial charge is 0.146 e. The Balaban J connectivity index is 0.00000176. The van der Waals surface area contributed by atoms with Gasteiger partial charge in [-0.05, 0) is 30.3 Å². The molecule has 3 rings (SSSR count). The van der Waals surface area contributed by atoms with Crippen LogP contribution < -0.4 is 4.74 Å². The molecular formula is C16H15Cl2N3O. The summed E-state index contributed by atoms with van der Waals surface area (Å²) in [5, 5.41) is 0.662. The van der Waals surface area contributed by atoms with E-state index >= 15 is 0 Å². The number of hydrogen-bond acceptors (Lipinski definition) is 2. The Kier molecular flexibility index (Phi) is 5.31. The molecule has 0 aliphatic heterocycles. The Morgan fingerprint density at radius 2 is 2.00 bits per heavy atom. The van der Waals surface area contributed by atoms with Crippen molar-refractivity contribution < 1.29 is 4.74 Å². The number of H-pyrrole nitrogens is 2. The summed E-state index contributed by atoms with van der Waals surface area (Å²) < 4.78 is 5.37. The van der Waals surface area contributed by atoms with Gasteiger partial charge in [0.05, 0.1) is 36.1 Å². The first-order valence-corrected chi connectivity index (χ1v) is 6.84. The number of rotatable bonds is 4. The van der Waals surface area contributed by atoms with Crippen molar-refractivity contribution in [3.05, 3.63) is 59.4 Å². The minimum atomic E-state index is 0. The minimum absolute atomic E-state index is 0. The van der Waals surface area contributed by atoms with Gasteiger partial charge >= 0.3 is 0 Å². The fourth-order valence-electron chi connectivity index (χ4n) is 2.05. The molecule has 0 fully saturated rings. The number of hydrogen-bond donors (Lipinski definition) is 2. The quantitative estimate of drug-likeness (QED) is 0.658. The van der Waals surface area contributed by atoms with E-state index in [4.69, 9.17) is 16.3 Å². The number of methoxy groups -OCH3 is 1. The average Bonchev–Trinajstić information content (AvgIpc) is 3.14. The van der Waals surface area contributed by atoms with Crippen molar-refractivity contribution in [2.24, 2.45) is 4.99 Å². The second-order valence-corrected chi connectivity index (χ2v) is 4.92. The second-order valence-electron chi connectivity index (χ2n) is 4.49. The third-order valence-corrected chi connectivity index (χ3v) is 3.30. The highest BCUT2D eigenvalue weighted by molar-refractivity contribution is 6.30. The average molecular weight is 336 g/mol. The van der Waals surface area contributed by atoms with E-state index in [1.54, 1.807) is 19.4 Å². The lowest BCUT2D eigenvalue weighted by molar-refractivity contribution is 0.415. The Hall–Kier alpha value is -2.17. The summed E-state index contributed by atoms with van der Waals surface area (Å²) in [5.41, 5.74) is 3.54. The largest absolute Gasteiger partial charge is 0.494 e.